The first kappa shape index (κ1) is 24.6. The highest BCUT2D eigenvalue weighted by atomic mass is 35.5. The van der Waals surface area contributed by atoms with Crippen LogP contribution in [0.25, 0.3) is 0 Å². The third-order valence-electron chi connectivity index (χ3n) is 6.66. The molecule has 1 atom stereocenters. The molecule has 4 rings (SSSR count). The van der Waals surface area contributed by atoms with Crippen LogP contribution in [0.5, 0.6) is 0 Å². The van der Waals surface area contributed by atoms with E-state index in [2.05, 4.69) is 10.6 Å². The van der Waals surface area contributed by atoms with Crippen LogP contribution in [0.15, 0.2) is 47.4 Å². The van der Waals surface area contributed by atoms with Crippen molar-refractivity contribution in [1.29, 1.82) is 0 Å². The van der Waals surface area contributed by atoms with Crippen molar-refractivity contribution in [1.82, 2.24) is 10.6 Å². The fourth-order valence-corrected chi connectivity index (χ4v) is 6.27. The molecule has 1 saturated carbocycles. The fourth-order valence-electron chi connectivity index (χ4n) is 4.78. The maximum atomic E-state index is 12.5. The largest absolute Gasteiger partial charge is 0.481 e. The summed E-state index contributed by atoms with van der Waals surface area (Å²) in [4.78, 5) is 36.9. The van der Waals surface area contributed by atoms with E-state index in [9.17, 15) is 14.4 Å². The fraction of sp³-hybridized carbons (Fsp3) is 0.423. The van der Waals surface area contributed by atoms with Crippen molar-refractivity contribution in [2.75, 3.05) is 13.1 Å². The van der Waals surface area contributed by atoms with Gasteiger partial charge in [0.25, 0.3) is 5.91 Å². The average Bonchev–Trinajstić information content (AvgIpc) is 3.25. The Hall–Kier alpha value is -2.51. The molecule has 2 amide bonds. The summed E-state index contributed by atoms with van der Waals surface area (Å²) in [6.07, 6.45) is 4.78. The summed E-state index contributed by atoms with van der Waals surface area (Å²) in [5.41, 5.74) is 2.93. The van der Waals surface area contributed by atoms with Crippen molar-refractivity contribution in [3.63, 3.8) is 0 Å². The third-order valence-corrected chi connectivity index (χ3v) is 8.19. The van der Waals surface area contributed by atoms with Gasteiger partial charge in [-0.3, -0.25) is 14.4 Å². The van der Waals surface area contributed by atoms with E-state index in [-0.39, 0.29) is 29.4 Å². The SMILES string of the molecule is O=C(O)C[C@H]1CC[C@H](c2ccc(C(=O)NCCNC(=O)C3Cc4ccc(Cl)cc4S3)cc2)CC1. The van der Waals surface area contributed by atoms with Crippen LogP contribution in [0.3, 0.4) is 0 Å². The van der Waals surface area contributed by atoms with Gasteiger partial charge in [0.15, 0.2) is 0 Å². The normalized spacial score (nSPS) is 21.5. The molecule has 0 aromatic heterocycles. The number of nitrogens with one attached hydrogen (secondary N) is 2. The zero-order valence-electron chi connectivity index (χ0n) is 18.9. The lowest BCUT2D eigenvalue weighted by atomic mass is 9.77. The Morgan fingerprint density at radius 2 is 1.68 bits per heavy atom. The molecule has 2 aromatic carbocycles. The summed E-state index contributed by atoms with van der Waals surface area (Å²) >= 11 is 7.55. The monoisotopic (exact) mass is 500 g/mol. The number of thioether (sulfide) groups is 1. The quantitative estimate of drug-likeness (QED) is 0.458. The Labute approximate surface area is 208 Å². The number of aliphatic carboxylic acids is 1. The molecule has 1 fully saturated rings. The molecule has 0 saturated heterocycles. The number of carboxylic acid groups (broad SMARTS) is 1. The van der Waals surface area contributed by atoms with Crippen LogP contribution < -0.4 is 10.6 Å². The molecule has 0 bridgehead atoms. The van der Waals surface area contributed by atoms with E-state index in [1.54, 1.807) is 0 Å². The number of carboxylic acids is 1. The summed E-state index contributed by atoms with van der Waals surface area (Å²) in [5.74, 6) is -0.211. The molecule has 0 spiro atoms. The van der Waals surface area contributed by atoms with E-state index >= 15 is 0 Å². The number of rotatable bonds is 8. The maximum Gasteiger partial charge on any atom is 0.303 e. The lowest BCUT2D eigenvalue weighted by Gasteiger charge is -2.28. The molecule has 1 aliphatic carbocycles. The second-order valence-electron chi connectivity index (χ2n) is 9.05. The number of benzene rings is 2. The highest BCUT2D eigenvalue weighted by Gasteiger charge is 2.28. The van der Waals surface area contributed by atoms with E-state index in [4.69, 9.17) is 16.7 Å². The van der Waals surface area contributed by atoms with E-state index in [0.717, 1.165) is 36.1 Å². The molecule has 3 N–H and O–H groups in total. The van der Waals surface area contributed by atoms with E-state index in [1.807, 2.05) is 42.5 Å². The minimum Gasteiger partial charge on any atom is -0.481 e. The zero-order valence-corrected chi connectivity index (χ0v) is 20.5. The molecule has 0 radical (unpaired) electrons. The lowest BCUT2D eigenvalue weighted by Crippen LogP contribution is -2.38. The number of carbonyl (C=O) groups excluding carboxylic acids is 2. The zero-order chi connectivity index (χ0) is 24.1. The molecule has 1 aliphatic heterocycles. The Kier molecular flexibility index (Phi) is 8.16. The van der Waals surface area contributed by atoms with Crippen LogP contribution in [-0.4, -0.2) is 41.2 Å². The van der Waals surface area contributed by atoms with Gasteiger partial charge in [0.1, 0.15) is 0 Å². The van der Waals surface area contributed by atoms with Crippen LogP contribution in [0, 0.1) is 5.92 Å². The average molecular weight is 501 g/mol. The predicted octanol–water partition coefficient (Wildman–Crippen LogP) is 4.65. The summed E-state index contributed by atoms with van der Waals surface area (Å²) < 4.78 is 0. The van der Waals surface area contributed by atoms with E-state index in [0.29, 0.717) is 36.0 Å². The van der Waals surface area contributed by atoms with Crippen molar-refractivity contribution in [2.24, 2.45) is 5.92 Å². The van der Waals surface area contributed by atoms with Crippen LogP contribution in [0.2, 0.25) is 5.02 Å². The molecular weight excluding hydrogens is 472 g/mol. The summed E-state index contributed by atoms with van der Waals surface area (Å²) in [6, 6.07) is 13.4. The summed E-state index contributed by atoms with van der Waals surface area (Å²) in [6.45, 7) is 0.729. The topological polar surface area (TPSA) is 95.5 Å². The smallest absolute Gasteiger partial charge is 0.303 e. The van der Waals surface area contributed by atoms with Crippen molar-refractivity contribution < 1.29 is 19.5 Å². The van der Waals surface area contributed by atoms with Crippen LogP contribution in [-0.2, 0) is 16.0 Å². The second kappa shape index (κ2) is 11.3. The molecule has 2 aliphatic rings. The minimum atomic E-state index is -0.716. The number of hydrogen-bond acceptors (Lipinski definition) is 4. The van der Waals surface area contributed by atoms with Crippen molar-refractivity contribution >= 4 is 41.1 Å². The van der Waals surface area contributed by atoms with Gasteiger partial charge in [-0.2, -0.15) is 0 Å². The predicted molar refractivity (Wildman–Crippen MR) is 134 cm³/mol. The van der Waals surface area contributed by atoms with Gasteiger partial charge in [-0.25, -0.2) is 0 Å². The number of carbonyl (C=O) groups is 3. The Bertz CT molecular complexity index is 1050. The van der Waals surface area contributed by atoms with Gasteiger partial charge in [-0.05, 0) is 79.3 Å². The van der Waals surface area contributed by atoms with E-state index in [1.165, 1.54) is 17.3 Å². The minimum absolute atomic E-state index is 0.0333. The van der Waals surface area contributed by atoms with Crippen molar-refractivity contribution in [3.8, 4) is 0 Å². The maximum absolute atomic E-state index is 12.5. The first-order chi connectivity index (χ1) is 16.4. The van der Waals surface area contributed by atoms with Crippen LogP contribution in [0.4, 0.5) is 0 Å². The van der Waals surface area contributed by atoms with Gasteiger partial charge in [-0.1, -0.05) is 29.8 Å². The highest BCUT2D eigenvalue weighted by molar-refractivity contribution is 8.01. The highest BCUT2D eigenvalue weighted by Crippen LogP contribution is 2.39. The first-order valence-corrected chi connectivity index (χ1v) is 13.0. The van der Waals surface area contributed by atoms with Gasteiger partial charge in [0.05, 0.1) is 5.25 Å². The summed E-state index contributed by atoms with van der Waals surface area (Å²) in [7, 11) is 0. The van der Waals surface area contributed by atoms with Gasteiger partial charge >= 0.3 is 5.97 Å². The standard InChI is InChI=1S/C26H29ClN2O4S/c27-21-10-9-20-14-23(34-22(20)15-21)26(33)29-12-11-28-25(32)19-7-5-18(6-8-19)17-3-1-16(2-4-17)13-24(30)31/h5-10,15-17,23H,1-4,11-14H2,(H,28,32)(H,29,33)(H,30,31)/t16-,17-,23?. The lowest BCUT2D eigenvalue weighted by molar-refractivity contribution is -0.138. The molecule has 1 heterocycles. The van der Waals surface area contributed by atoms with E-state index < -0.39 is 5.97 Å². The van der Waals surface area contributed by atoms with Gasteiger partial charge in [-0.15, -0.1) is 11.8 Å². The van der Waals surface area contributed by atoms with Crippen molar-refractivity contribution in [3.05, 3.63) is 64.2 Å². The number of halogens is 1. The molecule has 6 nitrogen and oxygen atoms in total. The van der Waals surface area contributed by atoms with Crippen LogP contribution >= 0.6 is 23.4 Å². The molecule has 180 valence electrons. The van der Waals surface area contributed by atoms with Crippen LogP contribution in [0.1, 0.15) is 59.5 Å². The Morgan fingerprint density at radius 3 is 2.38 bits per heavy atom. The number of fused-ring (bicyclic) bond motifs is 1. The number of hydrogen-bond donors (Lipinski definition) is 3. The van der Waals surface area contributed by atoms with Crippen molar-refractivity contribution in [2.45, 2.75) is 54.6 Å². The molecule has 8 heteroatoms. The van der Waals surface area contributed by atoms with Gasteiger partial charge in [0.2, 0.25) is 5.91 Å². The summed E-state index contributed by atoms with van der Waals surface area (Å²) in [5, 5.41) is 15.2. The third kappa shape index (κ3) is 6.33. The van der Waals surface area contributed by atoms with Gasteiger partial charge in [0, 0.05) is 35.0 Å². The molecule has 34 heavy (non-hydrogen) atoms. The first-order valence-electron chi connectivity index (χ1n) is 11.7. The Balaban J connectivity index is 1.17. The molecular formula is C26H29ClN2O4S. The van der Waals surface area contributed by atoms with Gasteiger partial charge < -0.3 is 15.7 Å². The molecule has 2 aromatic rings. The second-order valence-corrected chi connectivity index (χ2v) is 10.7. The Morgan fingerprint density at radius 1 is 0.971 bits per heavy atom. The molecule has 1 unspecified atom stereocenters. The number of amides is 2.